The Kier molecular flexibility index (Phi) is 6.19. The molecule has 5 nitrogen and oxygen atoms in total. The van der Waals surface area contributed by atoms with E-state index in [1.165, 1.54) is 0 Å². The summed E-state index contributed by atoms with van der Waals surface area (Å²) in [5.41, 5.74) is -1.87. The fraction of sp³-hybridized carbons (Fsp3) is 0.462. The number of carbonyl (C=O) groups excluding carboxylic acids is 1. The van der Waals surface area contributed by atoms with Crippen molar-refractivity contribution < 1.29 is 18.5 Å². The summed E-state index contributed by atoms with van der Waals surface area (Å²) in [6.45, 7) is 4.16. The van der Waals surface area contributed by atoms with Crippen LogP contribution in [0.5, 0.6) is 0 Å². The lowest BCUT2D eigenvalue weighted by molar-refractivity contribution is -0.387. The number of amides is 1. The van der Waals surface area contributed by atoms with Gasteiger partial charge in [-0.05, 0) is 18.4 Å². The number of halogens is 3. The van der Waals surface area contributed by atoms with Gasteiger partial charge in [-0.3, -0.25) is 14.9 Å². The highest BCUT2D eigenvalue weighted by molar-refractivity contribution is 9.09. The van der Waals surface area contributed by atoms with E-state index in [-0.39, 0.29) is 11.4 Å². The minimum Gasteiger partial charge on any atom is -0.351 e. The number of benzene rings is 1. The summed E-state index contributed by atoms with van der Waals surface area (Å²) < 4.78 is 27.4. The third-order valence-corrected chi connectivity index (χ3v) is 3.40. The summed E-state index contributed by atoms with van der Waals surface area (Å²) in [7, 11) is 0. The fourth-order valence-corrected chi connectivity index (χ4v) is 2.69. The Balaban J connectivity index is 2.88. The Morgan fingerprint density at radius 2 is 2.05 bits per heavy atom. The first-order valence-electron chi connectivity index (χ1n) is 6.28. The average Bonchev–Trinajstić information content (AvgIpc) is 2.35. The van der Waals surface area contributed by atoms with E-state index >= 15 is 0 Å². The van der Waals surface area contributed by atoms with E-state index in [9.17, 15) is 23.7 Å². The number of alkyl halides is 1. The molecule has 0 saturated carbocycles. The molecule has 1 aromatic rings. The lowest BCUT2D eigenvalue weighted by Crippen LogP contribution is -2.31. The van der Waals surface area contributed by atoms with Crippen LogP contribution in [0.1, 0.15) is 30.6 Å². The number of nitrogens with zero attached hydrogens (tertiary/aromatic N) is 1. The van der Waals surface area contributed by atoms with Gasteiger partial charge in [0.1, 0.15) is 11.4 Å². The Labute approximate surface area is 129 Å². The van der Waals surface area contributed by atoms with E-state index in [2.05, 4.69) is 21.2 Å². The lowest BCUT2D eigenvalue weighted by Gasteiger charge is -2.13. The minimum absolute atomic E-state index is 0.0497. The molecule has 0 aliphatic carbocycles. The van der Waals surface area contributed by atoms with Crippen LogP contribution < -0.4 is 5.32 Å². The molecule has 0 aliphatic rings. The summed E-state index contributed by atoms with van der Waals surface area (Å²) in [6, 6.07) is 1.39. The van der Waals surface area contributed by atoms with Crippen LogP contribution in [-0.2, 0) is 0 Å². The van der Waals surface area contributed by atoms with Crippen molar-refractivity contribution in [1.29, 1.82) is 0 Å². The first-order valence-corrected chi connectivity index (χ1v) is 7.20. The second-order valence-corrected chi connectivity index (χ2v) is 6.24. The summed E-state index contributed by atoms with van der Waals surface area (Å²) >= 11 is 3.34. The molecule has 21 heavy (non-hydrogen) atoms. The summed E-state index contributed by atoms with van der Waals surface area (Å²) in [5.74, 6) is -3.22. The maximum atomic E-state index is 13.8. The lowest BCUT2D eigenvalue weighted by atomic mass is 10.1. The SMILES string of the molecule is CC(C)CC(Br)CNC(=O)c1c(F)ccc([N+](=O)[O-])c1F. The molecule has 1 aromatic carbocycles. The third kappa shape index (κ3) is 4.73. The third-order valence-electron chi connectivity index (χ3n) is 2.71. The highest BCUT2D eigenvalue weighted by Gasteiger charge is 2.26. The maximum Gasteiger partial charge on any atom is 0.305 e. The van der Waals surface area contributed by atoms with Gasteiger partial charge in [-0.2, -0.15) is 4.39 Å². The second-order valence-electron chi connectivity index (χ2n) is 4.95. The number of hydrogen-bond donors (Lipinski definition) is 1. The molecule has 0 aliphatic heterocycles. The van der Waals surface area contributed by atoms with Gasteiger partial charge in [0.2, 0.25) is 5.82 Å². The van der Waals surface area contributed by atoms with Gasteiger partial charge in [0.05, 0.1) is 4.92 Å². The molecule has 1 amide bonds. The van der Waals surface area contributed by atoms with Gasteiger partial charge in [0, 0.05) is 17.4 Å². The van der Waals surface area contributed by atoms with Crippen LogP contribution in [0.4, 0.5) is 14.5 Å². The van der Waals surface area contributed by atoms with E-state index in [1.807, 2.05) is 13.8 Å². The molecule has 0 aromatic heterocycles. The van der Waals surface area contributed by atoms with Crippen molar-refractivity contribution in [3.05, 3.63) is 39.4 Å². The van der Waals surface area contributed by atoms with Crippen molar-refractivity contribution in [2.75, 3.05) is 6.54 Å². The van der Waals surface area contributed by atoms with Crippen molar-refractivity contribution in [3.63, 3.8) is 0 Å². The molecule has 1 atom stereocenters. The molecule has 116 valence electrons. The van der Waals surface area contributed by atoms with Gasteiger partial charge in [-0.15, -0.1) is 0 Å². The Morgan fingerprint density at radius 3 is 2.57 bits per heavy atom. The Bertz CT molecular complexity index is 552. The first kappa shape index (κ1) is 17.5. The van der Waals surface area contributed by atoms with Crippen LogP contribution in [-0.4, -0.2) is 22.2 Å². The fourth-order valence-electron chi connectivity index (χ4n) is 1.78. The standard InChI is InChI=1S/C13H15BrF2N2O3/c1-7(2)5-8(14)6-17-13(19)11-9(15)3-4-10(12(11)16)18(20)21/h3-4,7-8H,5-6H2,1-2H3,(H,17,19). The molecule has 1 N–H and O–H groups in total. The van der Waals surface area contributed by atoms with Gasteiger partial charge >= 0.3 is 5.69 Å². The predicted octanol–water partition coefficient (Wildman–Crippen LogP) is 3.41. The van der Waals surface area contributed by atoms with Crippen molar-refractivity contribution in [2.24, 2.45) is 5.92 Å². The van der Waals surface area contributed by atoms with Gasteiger partial charge < -0.3 is 5.32 Å². The van der Waals surface area contributed by atoms with Crippen LogP contribution in [0.25, 0.3) is 0 Å². The van der Waals surface area contributed by atoms with Crippen LogP contribution in [0, 0.1) is 27.7 Å². The van der Waals surface area contributed by atoms with E-state index < -0.39 is 33.7 Å². The average molecular weight is 365 g/mol. The molecule has 0 bridgehead atoms. The molecular formula is C13H15BrF2N2O3. The zero-order chi connectivity index (χ0) is 16.2. The van der Waals surface area contributed by atoms with Gasteiger partial charge in [0.25, 0.3) is 5.91 Å². The molecule has 0 heterocycles. The summed E-state index contributed by atoms with van der Waals surface area (Å²) in [6.07, 6.45) is 0.764. The number of hydrogen-bond acceptors (Lipinski definition) is 3. The topological polar surface area (TPSA) is 72.2 Å². The first-order chi connectivity index (χ1) is 9.73. The zero-order valence-corrected chi connectivity index (χ0v) is 13.1. The van der Waals surface area contributed by atoms with E-state index in [0.29, 0.717) is 18.1 Å². The van der Waals surface area contributed by atoms with Crippen LogP contribution >= 0.6 is 15.9 Å². The Morgan fingerprint density at radius 1 is 1.43 bits per heavy atom. The summed E-state index contributed by atoms with van der Waals surface area (Å²) in [5, 5.41) is 13.0. The molecule has 0 spiro atoms. The van der Waals surface area contributed by atoms with Crippen molar-refractivity contribution in [2.45, 2.75) is 25.1 Å². The number of nitro groups is 1. The molecule has 1 unspecified atom stereocenters. The molecule has 1 rings (SSSR count). The monoisotopic (exact) mass is 364 g/mol. The van der Waals surface area contributed by atoms with Crippen molar-refractivity contribution in [1.82, 2.24) is 5.32 Å². The van der Waals surface area contributed by atoms with Gasteiger partial charge in [-0.1, -0.05) is 29.8 Å². The molecule has 0 saturated heterocycles. The maximum absolute atomic E-state index is 13.8. The minimum atomic E-state index is -1.47. The van der Waals surface area contributed by atoms with E-state index in [1.54, 1.807) is 0 Å². The van der Waals surface area contributed by atoms with E-state index in [0.717, 1.165) is 6.42 Å². The molecule has 8 heteroatoms. The number of nitrogens with one attached hydrogen (secondary N) is 1. The van der Waals surface area contributed by atoms with Crippen molar-refractivity contribution in [3.8, 4) is 0 Å². The molecule has 0 fully saturated rings. The van der Waals surface area contributed by atoms with Crippen LogP contribution in [0.3, 0.4) is 0 Å². The number of nitro benzene ring substituents is 1. The highest BCUT2D eigenvalue weighted by atomic mass is 79.9. The smallest absolute Gasteiger partial charge is 0.305 e. The quantitative estimate of drug-likeness (QED) is 0.477. The second kappa shape index (κ2) is 7.44. The highest BCUT2D eigenvalue weighted by Crippen LogP contribution is 2.23. The van der Waals surface area contributed by atoms with Gasteiger partial charge in [-0.25, -0.2) is 4.39 Å². The largest absolute Gasteiger partial charge is 0.351 e. The van der Waals surface area contributed by atoms with E-state index in [4.69, 9.17) is 0 Å². The molecular weight excluding hydrogens is 350 g/mol. The number of rotatable bonds is 6. The van der Waals surface area contributed by atoms with Crippen LogP contribution in [0.2, 0.25) is 0 Å². The number of carbonyl (C=O) groups is 1. The van der Waals surface area contributed by atoms with Crippen molar-refractivity contribution >= 4 is 27.5 Å². The predicted molar refractivity (Wildman–Crippen MR) is 77.5 cm³/mol. The zero-order valence-electron chi connectivity index (χ0n) is 11.5. The Hall–Kier alpha value is -1.57. The normalized spacial score (nSPS) is 12.3. The summed E-state index contributed by atoms with van der Waals surface area (Å²) in [4.78, 5) is 21.4. The van der Waals surface area contributed by atoms with Gasteiger partial charge in [0.15, 0.2) is 0 Å². The van der Waals surface area contributed by atoms with Crippen LogP contribution in [0.15, 0.2) is 12.1 Å². The molecule has 0 radical (unpaired) electrons.